The highest BCUT2D eigenvalue weighted by Gasteiger charge is 2.19. The molecule has 0 fully saturated rings. The van der Waals surface area contributed by atoms with Gasteiger partial charge in [0.15, 0.2) is 0 Å². The number of nitrogens with one attached hydrogen (secondary N) is 1. The number of nitro groups is 1. The van der Waals surface area contributed by atoms with Crippen LogP contribution in [-0.2, 0) is 0 Å². The summed E-state index contributed by atoms with van der Waals surface area (Å²) in [5.74, 6) is -0.557. The van der Waals surface area contributed by atoms with E-state index >= 15 is 0 Å². The number of rotatable bonds is 4. The number of para-hydroxylation sites is 1. The molecule has 0 atom stereocenters. The molecule has 1 amide bonds. The topological polar surface area (TPSA) is 84.6 Å². The Hall–Kier alpha value is -2.19. The number of fused-ring (bicyclic) bond motifs is 1. The van der Waals surface area contributed by atoms with Crippen LogP contribution in [0.15, 0.2) is 41.5 Å². The third kappa shape index (κ3) is 3.66. The Kier molecular flexibility index (Phi) is 5.43. The fourth-order valence-corrected chi connectivity index (χ4v) is 4.50. The molecule has 26 heavy (non-hydrogen) atoms. The lowest BCUT2D eigenvalue weighted by Gasteiger charge is -1.99. The zero-order chi connectivity index (χ0) is 18.8. The lowest BCUT2D eigenvalue weighted by atomic mass is 10.2. The third-order valence-electron chi connectivity index (χ3n) is 3.36. The first kappa shape index (κ1) is 18.6. The predicted molar refractivity (Wildman–Crippen MR) is 105 cm³/mol. The van der Waals surface area contributed by atoms with Crippen molar-refractivity contribution in [3.63, 3.8) is 0 Å². The second-order valence-electron chi connectivity index (χ2n) is 5.02. The van der Waals surface area contributed by atoms with E-state index in [4.69, 9.17) is 34.8 Å². The zero-order valence-corrected chi connectivity index (χ0v) is 15.8. The molecule has 0 saturated heterocycles. The molecule has 0 bridgehead atoms. The molecule has 3 aromatic rings. The van der Waals surface area contributed by atoms with E-state index in [2.05, 4.69) is 10.5 Å². The normalized spacial score (nSPS) is 11.2. The Bertz CT molecular complexity index is 1070. The van der Waals surface area contributed by atoms with Crippen LogP contribution in [0.4, 0.5) is 5.69 Å². The van der Waals surface area contributed by atoms with Crippen LogP contribution in [-0.4, -0.2) is 17.0 Å². The second kappa shape index (κ2) is 7.59. The predicted octanol–water partition coefficient (Wildman–Crippen LogP) is 5.53. The van der Waals surface area contributed by atoms with Gasteiger partial charge in [0.25, 0.3) is 11.6 Å². The number of thiophene rings is 1. The Labute approximate surface area is 166 Å². The summed E-state index contributed by atoms with van der Waals surface area (Å²) in [5.41, 5.74) is 2.45. The van der Waals surface area contributed by atoms with Crippen LogP contribution in [0.2, 0.25) is 15.1 Å². The third-order valence-corrected chi connectivity index (χ3v) is 5.50. The van der Waals surface area contributed by atoms with E-state index in [9.17, 15) is 14.9 Å². The van der Waals surface area contributed by atoms with Crippen LogP contribution in [0.1, 0.15) is 15.2 Å². The van der Waals surface area contributed by atoms with Gasteiger partial charge in [-0.15, -0.1) is 11.3 Å². The number of hydrazone groups is 1. The SMILES string of the molecule is O=C(N/N=C/c1ccccc1[N+](=O)[O-])c1sc2cc(Cl)cc(Cl)c2c1Cl. The molecule has 0 aliphatic rings. The highest BCUT2D eigenvalue weighted by Crippen LogP contribution is 2.41. The van der Waals surface area contributed by atoms with Crippen LogP contribution in [0.3, 0.4) is 0 Å². The van der Waals surface area contributed by atoms with Gasteiger partial charge in [-0.25, -0.2) is 5.43 Å². The molecular formula is C16H8Cl3N3O3S. The van der Waals surface area contributed by atoms with Crippen molar-refractivity contribution in [1.82, 2.24) is 5.43 Å². The maximum absolute atomic E-state index is 12.3. The number of hydrogen-bond donors (Lipinski definition) is 1. The van der Waals surface area contributed by atoms with Gasteiger partial charge < -0.3 is 0 Å². The smallest absolute Gasteiger partial charge is 0.266 e. The Morgan fingerprint density at radius 3 is 2.69 bits per heavy atom. The van der Waals surface area contributed by atoms with Crippen molar-refractivity contribution in [3.05, 3.63) is 72.0 Å². The summed E-state index contributed by atoms with van der Waals surface area (Å²) in [6, 6.07) is 9.23. The van der Waals surface area contributed by atoms with Gasteiger partial charge in [-0.3, -0.25) is 14.9 Å². The molecule has 6 nitrogen and oxygen atoms in total. The van der Waals surface area contributed by atoms with Gasteiger partial charge in [0.2, 0.25) is 0 Å². The van der Waals surface area contributed by atoms with E-state index in [1.54, 1.807) is 24.3 Å². The molecule has 10 heteroatoms. The van der Waals surface area contributed by atoms with Crippen molar-refractivity contribution in [2.24, 2.45) is 5.10 Å². The number of hydrogen-bond acceptors (Lipinski definition) is 5. The molecule has 0 saturated carbocycles. The van der Waals surface area contributed by atoms with Crippen molar-refractivity contribution in [2.45, 2.75) is 0 Å². The minimum absolute atomic E-state index is 0.119. The molecule has 1 heterocycles. The number of amides is 1. The van der Waals surface area contributed by atoms with Crippen LogP contribution in [0.5, 0.6) is 0 Å². The Balaban J connectivity index is 1.85. The Morgan fingerprint density at radius 2 is 1.96 bits per heavy atom. The average molecular weight is 429 g/mol. The van der Waals surface area contributed by atoms with Gasteiger partial charge in [0.05, 0.1) is 26.7 Å². The average Bonchev–Trinajstić information content (AvgIpc) is 2.91. The van der Waals surface area contributed by atoms with Gasteiger partial charge >= 0.3 is 0 Å². The summed E-state index contributed by atoms with van der Waals surface area (Å²) in [6.45, 7) is 0. The monoisotopic (exact) mass is 427 g/mol. The molecule has 1 N–H and O–H groups in total. The highest BCUT2D eigenvalue weighted by molar-refractivity contribution is 7.21. The van der Waals surface area contributed by atoms with E-state index in [1.807, 2.05) is 0 Å². The van der Waals surface area contributed by atoms with Crippen LogP contribution in [0.25, 0.3) is 10.1 Å². The molecule has 0 aliphatic carbocycles. The first-order valence-corrected chi connectivity index (χ1v) is 8.97. The van der Waals surface area contributed by atoms with Crippen molar-refractivity contribution in [2.75, 3.05) is 0 Å². The molecule has 132 valence electrons. The van der Waals surface area contributed by atoms with Gasteiger partial charge in [-0.1, -0.05) is 46.9 Å². The van der Waals surface area contributed by atoms with Crippen molar-refractivity contribution in [1.29, 1.82) is 0 Å². The number of halogens is 3. The maximum Gasteiger partial charge on any atom is 0.283 e. The summed E-state index contributed by atoms with van der Waals surface area (Å²) in [4.78, 5) is 23.0. The van der Waals surface area contributed by atoms with E-state index in [0.717, 1.165) is 11.3 Å². The maximum atomic E-state index is 12.3. The van der Waals surface area contributed by atoms with Gasteiger partial charge in [0.1, 0.15) is 4.88 Å². The second-order valence-corrected chi connectivity index (χ2v) is 7.29. The number of nitro benzene ring substituents is 1. The highest BCUT2D eigenvalue weighted by atomic mass is 35.5. The lowest BCUT2D eigenvalue weighted by Crippen LogP contribution is -2.16. The van der Waals surface area contributed by atoms with Crippen molar-refractivity contribution < 1.29 is 9.72 Å². The number of carbonyl (C=O) groups excluding carboxylic acids is 1. The van der Waals surface area contributed by atoms with Gasteiger partial charge in [-0.2, -0.15) is 5.10 Å². The lowest BCUT2D eigenvalue weighted by molar-refractivity contribution is -0.385. The van der Waals surface area contributed by atoms with E-state index in [-0.39, 0.29) is 21.2 Å². The first-order valence-electron chi connectivity index (χ1n) is 7.02. The quantitative estimate of drug-likeness (QED) is 0.336. The van der Waals surface area contributed by atoms with E-state index in [1.165, 1.54) is 18.3 Å². The summed E-state index contributed by atoms with van der Waals surface area (Å²) in [5, 5.41) is 16.2. The first-order chi connectivity index (χ1) is 12.4. The molecule has 0 spiro atoms. The molecular weight excluding hydrogens is 421 g/mol. The standard InChI is InChI=1S/C16H8Cl3N3O3S/c17-9-5-10(18)13-12(6-9)26-15(14(13)19)16(23)21-20-7-8-3-1-2-4-11(8)22(24)25/h1-7H,(H,21,23)/b20-7+. The van der Waals surface area contributed by atoms with E-state index in [0.29, 0.717) is 20.1 Å². The van der Waals surface area contributed by atoms with Crippen molar-refractivity contribution in [3.8, 4) is 0 Å². The Morgan fingerprint density at radius 1 is 1.23 bits per heavy atom. The van der Waals surface area contributed by atoms with Crippen LogP contribution in [0, 0.1) is 10.1 Å². The minimum atomic E-state index is -0.557. The zero-order valence-electron chi connectivity index (χ0n) is 12.7. The van der Waals surface area contributed by atoms with Gasteiger partial charge in [0, 0.05) is 21.2 Å². The summed E-state index contributed by atoms with van der Waals surface area (Å²) in [6.07, 6.45) is 1.20. The van der Waals surface area contributed by atoms with Gasteiger partial charge in [-0.05, 0) is 18.2 Å². The fraction of sp³-hybridized carbons (Fsp3) is 0. The summed E-state index contributed by atoms with van der Waals surface area (Å²) < 4.78 is 0.667. The van der Waals surface area contributed by atoms with Crippen LogP contribution >= 0.6 is 46.1 Å². The number of carbonyl (C=O) groups is 1. The largest absolute Gasteiger partial charge is 0.283 e. The van der Waals surface area contributed by atoms with Crippen molar-refractivity contribution >= 4 is 74.0 Å². The molecule has 1 aromatic heterocycles. The molecule has 0 unspecified atom stereocenters. The summed E-state index contributed by atoms with van der Waals surface area (Å²) in [7, 11) is 0. The fourth-order valence-electron chi connectivity index (χ4n) is 2.23. The van der Waals surface area contributed by atoms with E-state index < -0.39 is 10.8 Å². The number of benzene rings is 2. The molecule has 0 radical (unpaired) electrons. The molecule has 2 aromatic carbocycles. The minimum Gasteiger partial charge on any atom is -0.266 e. The molecule has 0 aliphatic heterocycles. The molecule has 3 rings (SSSR count). The number of nitrogens with zero attached hydrogens (tertiary/aromatic N) is 2. The van der Waals surface area contributed by atoms with Crippen LogP contribution < -0.4 is 5.43 Å². The summed E-state index contributed by atoms with van der Waals surface area (Å²) >= 11 is 19.5.